The number of carbonyl (C=O) groups excluding carboxylic acids is 1. The van der Waals surface area contributed by atoms with Crippen molar-refractivity contribution in [1.82, 2.24) is 25.1 Å². The monoisotopic (exact) mass is 685 g/mol. The van der Waals surface area contributed by atoms with E-state index < -0.39 is 0 Å². The van der Waals surface area contributed by atoms with Crippen LogP contribution in [0.2, 0.25) is 0 Å². The van der Waals surface area contributed by atoms with Gasteiger partial charge in [-0.3, -0.25) is 0 Å². The first-order valence-electron chi connectivity index (χ1n) is 16.9. The van der Waals surface area contributed by atoms with Crippen molar-refractivity contribution in [2.24, 2.45) is 18.4 Å². The van der Waals surface area contributed by atoms with Gasteiger partial charge in [-0.25, -0.2) is 14.1 Å². The summed E-state index contributed by atoms with van der Waals surface area (Å²) >= 11 is 1.86. The maximum absolute atomic E-state index is 15.6. The van der Waals surface area contributed by atoms with Gasteiger partial charge in [0, 0.05) is 67.5 Å². The summed E-state index contributed by atoms with van der Waals surface area (Å²) in [5.41, 5.74) is 5.62. The third-order valence-corrected chi connectivity index (χ3v) is 10.2. The second kappa shape index (κ2) is 16.1. The van der Waals surface area contributed by atoms with Crippen LogP contribution in [0, 0.1) is 24.1 Å². The zero-order valence-electron chi connectivity index (χ0n) is 29.6. The van der Waals surface area contributed by atoms with E-state index in [4.69, 9.17) is 14.8 Å². The van der Waals surface area contributed by atoms with Crippen molar-refractivity contribution in [3.05, 3.63) is 94.7 Å². The number of thioether (sulfide) groups is 1. The summed E-state index contributed by atoms with van der Waals surface area (Å²) in [5.74, 6) is 3.47. The molecule has 6 rings (SSSR count). The average Bonchev–Trinajstić information content (AvgIpc) is 3.71. The van der Waals surface area contributed by atoms with E-state index in [0.717, 1.165) is 69.7 Å². The van der Waals surface area contributed by atoms with Gasteiger partial charge in [0.25, 0.3) is 0 Å². The van der Waals surface area contributed by atoms with Crippen molar-refractivity contribution >= 4 is 29.0 Å². The highest BCUT2D eigenvalue weighted by molar-refractivity contribution is 7.99. The normalized spacial score (nSPS) is 16.9. The average molecular weight is 686 g/mol. The van der Waals surface area contributed by atoms with Crippen molar-refractivity contribution in [2.45, 2.75) is 53.5 Å². The lowest BCUT2D eigenvalue weighted by Gasteiger charge is -2.28. The molecule has 2 unspecified atom stereocenters. The molecular weight excluding hydrogens is 638 g/mol. The molecule has 0 saturated heterocycles. The quantitative estimate of drug-likeness (QED) is 0.180. The number of aryl methyl sites for hydroxylation is 3. The highest BCUT2D eigenvalue weighted by Gasteiger charge is 2.27. The largest absolute Gasteiger partial charge is 0.454 e. The Hall–Kier alpha value is -3.99. The molecule has 0 radical (unpaired) electrons. The number of ether oxygens (including phenoxy) is 2. The lowest BCUT2D eigenvalue weighted by molar-refractivity contribution is -0.110. The predicted molar refractivity (Wildman–Crippen MR) is 197 cm³/mol. The van der Waals surface area contributed by atoms with Crippen molar-refractivity contribution in [3.8, 4) is 22.9 Å². The molecule has 49 heavy (non-hydrogen) atoms. The predicted octanol–water partition coefficient (Wildman–Crippen LogP) is 8.23. The van der Waals surface area contributed by atoms with Gasteiger partial charge in [0.15, 0.2) is 23.2 Å². The van der Waals surface area contributed by atoms with Crippen LogP contribution in [0.15, 0.2) is 60.8 Å². The summed E-state index contributed by atoms with van der Waals surface area (Å²) in [5, 5.41) is 9.70. The summed E-state index contributed by atoms with van der Waals surface area (Å²) in [4.78, 5) is 19.6. The Morgan fingerprint density at radius 1 is 1.20 bits per heavy atom. The number of hydrogen-bond donors (Lipinski definition) is 2. The second-order valence-corrected chi connectivity index (χ2v) is 14.6. The van der Waals surface area contributed by atoms with Gasteiger partial charge in [0.1, 0.15) is 12.0 Å². The third kappa shape index (κ3) is 8.79. The Balaban J connectivity index is 0.00000111. The molecule has 0 spiro atoms. The van der Waals surface area contributed by atoms with Crippen molar-refractivity contribution < 1.29 is 18.7 Å². The minimum Gasteiger partial charge on any atom is -0.454 e. The number of halogens is 1. The van der Waals surface area contributed by atoms with Gasteiger partial charge >= 0.3 is 0 Å². The van der Waals surface area contributed by atoms with Crippen LogP contribution in [0.5, 0.6) is 11.5 Å². The van der Waals surface area contributed by atoms with Crippen molar-refractivity contribution in [1.29, 1.82) is 0 Å². The molecule has 2 N–H and O–H groups in total. The van der Waals surface area contributed by atoms with Gasteiger partial charge in [-0.1, -0.05) is 51.1 Å². The molecule has 0 saturated carbocycles. The van der Waals surface area contributed by atoms with Gasteiger partial charge in [0.2, 0.25) is 0 Å². The number of aromatic amines is 1. The Morgan fingerprint density at radius 2 is 2.00 bits per heavy atom. The molecule has 0 amide bonds. The van der Waals surface area contributed by atoms with Gasteiger partial charge in [-0.15, -0.1) is 0 Å². The summed E-state index contributed by atoms with van der Waals surface area (Å²) in [6.07, 6.45) is 4.20. The van der Waals surface area contributed by atoms with Crippen LogP contribution in [0.1, 0.15) is 61.8 Å². The molecule has 1 aliphatic rings. The number of benzene rings is 3. The molecule has 3 heterocycles. The zero-order valence-corrected chi connectivity index (χ0v) is 30.4. The number of aromatic nitrogens is 4. The standard InChI is InChI=1S/C36H40FN5O2S.C3H8O/c1-22(19-43)15-24-7-6-8-25(16-24)32-34-40-35(42(5)41-34)29-17-26(10-9-23(29)2)44-33-28(12-14-45-21-36(3,4)20-39-32)27-11-13-38-31(27)18-30(33)37;1-3-4-2/h6-11,13,16-19,22,32,38-39H,12,14-15,20-21H2,1-5H3;3H2,1-2H3. The van der Waals surface area contributed by atoms with Crippen molar-refractivity contribution in [2.75, 3.05) is 31.8 Å². The SMILES string of the molecule is CCOC.Cc1ccc2cc1-c1nc(nn1C)C(c1cccc(CC(C)C=O)c1)NCC(C)(C)CSCCc1c(c(F)cc3[nH]ccc13)O2. The number of nitrogens with one attached hydrogen (secondary N) is 2. The fourth-order valence-electron chi connectivity index (χ4n) is 6.00. The van der Waals surface area contributed by atoms with Gasteiger partial charge < -0.3 is 24.6 Å². The van der Waals surface area contributed by atoms with Crippen molar-refractivity contribution in [3.63, 3.8) is 0 Å². The van der Waals surface area contributed by atoms with Crippen LogP contribution < -0.4 is 10.1 Å². The van der Waals surface area contributed by atoms with E-state index in [9.17, 15) is 4.79 Å². The number of fused-ring (bicyclic) bond motifs is 8. The van der Waals surface area contributed by atoms with Gasteiger partial charge in [0.05, 0.1) is 6.04 Å². The van der Waals surface area contributed by atoms with Crippen LogP contribution in [-0.4, -0.2) is 57.8 Å². The minimum atomic E-state index is -0.386. The summed E-state index contributed by atoms with van der Waals surface area (Å²) in [6.45, 7) is 12.0. The van der Waals surface area contributed by atoms with E-state index in [0.29, 0.717) is 30.2 Å². The maximum Gasteiger partial charge on any atom is 0.172 e. The topological polar surface area (TPSA) is 94.1 Å². The molecule has 10 heteroatoms. The maximum atomic E-state index is 15.6. The van der Waals surface area contributed by atoms with E-state index in [1.54, 1.807) is 11.8 Å². The fraction of sp³-hybridized carbons (Fsp3) is 0.410. The minimum absolute atomic E-state index is 0.0496. The molecule has 2 aromatic heterocycles. The van der Waals surface area contributed by atoms with E-state index in [-0.39, 0.29) is 28.9 Å². The highest BCUT2D eigenvalue weighted by Crippen LogP contribution is 2.38. The van der Waals surface area contributed by atoms with Crippen LogP contribution in [0.3, 0.4) is 0 Å². The number of carbonyl (C=O) groups is 1. The molecule has 0 aliphatic carbocycles. The van der Waals surface area contributed by atoms with E-state index in [1.807, 2.05) is 76.1 Å². The van der Waals surface area contributed by atoms with E-state index >= 15 is 4.39 Å². The molecule has 8 nitrogen and oxygen atoms in total. The first kappa shape index (κ1) is 36.3. The Morgan fingerprint density at radius 3 is 2.76 bits per heavy atom. The van der Waals surface area contributed by atoms with Gasteiger partial charge in [-0.2, -0.15) is 16.9 Å². The number of rotatable bonds is 5. The highest BCUT2D eigenvalue weighted by atomic mass is 32.2. The number of methoxy groups -OCH3 is 1. The summed E-state index contributed by atoms with van der Waals surface area (Å²) in [6, 6.07) is 17.4. The molecule has 2 atom stereocenters. The summed E-state index contributed by atoms with van der Waals surface area (Å²) in [7, 11) is 3.58. The second-order valence-electron chi connectivity index (χ2n) is 13.5. The van der Waals surface area contributed by atoms with Crippen LogP contribution in [0.4, 0.5) is 4.39 Å². The van der Waals surface area contributed by atoms with Crippen LogP contribution in [-0.2, 0) is 29.4 Å². The number of aldehydes is 1. The molecule has 4 bridgehead atoms. The third-order valence-electron chi connectivity index (χ3n) is 8.71. The molecule has 260 valence electrons. The molecular formula is C39H48FN5O3S. The smallest absolute Gasteiger partial charge is 0.172 e. The zero-order chi connectivity index (χ0) is 35.1. The first-order chi connectivity index (χ1) is 23.5. The lowest BCUT2D eigenvalue weighted by atomic mass is 9.94. The van der Waals surface area contributed by atoms with Gasteiger partial charge in [-0.05, 0) is 78.5 Å². The Bertz CT molecular complexity index is 1880. The molecule has 3 aromatic carbocycles. The molecule has 0 fully saturated rings. The first-order valence-corrected chi connectivity index (χ1v) is 18.0. The number of hydrogen-bond acceptors (Lipinski definition) is 7. The Labute approximate surface area is 293 Å². The summed E-state index contributed by atoms with van der Waals surface area (Å²) < 4.78 is 28.3. The van der Waals surface area contributed by atoms with Crippen LogP contribution >= 0.6 is 11.8 Å². The molecule has 5 aromatic rings. The molecule has 1 aliphatic heterocycles. The van der Waals surface area contributed by atoms with E-state index in [2.05, 4.69) is 47.1 Å². The number of H-pyrrole nitrogens is 1. The van der Waals surface area contributed by atoms with Crippen LogP contribution in [0.25, 0.3) is 22.3 Å². The fourth-order valence-corrected chi connectivity index (χ4v) is 7.14. The Kier molecular flexibility index (Phi) is 12.0. The van der Waals surface area contributed by atoms with E-state index in [1.165, 1.54) is 6.07 Å². The lowest BCUT2D eigenvalue weighted by Crippen LogP contribution is -2.35. The number of nitrogens with zero attached hydrogens (tertiary/aromatic N) is 3.